The van der Waals surface area contributed by atoms with E-state index in [0.717, 1.165) is 25.1 Å². The Morgan fingerprint density at radius 1 is 1.22 bits per heavy atom. The average Bonchev–Trinajstić information content (AvgIpc) is 3.31. The van der Waals surface area contributed by atoms with Gasteiger partial charge in [0.2, 0.25) is 5.91 Å². The lowest BCUT2D eigenvalue weighted by atomic mass is 9.97. The third-order valence-corrected chi connectivity index (χ3v) is 4.96. The number of likely N-dealkylation sites (tertiary alicyclic amines) is 1. The number of para-hydroxylation sites is 1. The van der Waals surface area contributed by atoms with Crippen LogP contribution in [0, 0.1) is 0 Å². The van der Waals surface area contributed by atoms with E-state index >= 15 is 0 Å². The van der Waals surface area contributed by atoms with Gasteiger partial charge < -0.3 is 4.90 Å². The lowest BCUT2D eigenvalue weighted by Gasteiger charge is -2.32. The number of nitrogens with zero attached hydrogens (tertiary/aromatic N) is 6. The smallest absolute Gasteiger partial charge is 0.340 e. The summed E-state index contributed by atoms with van der Waals surface area (Å²) in [6.45, 7) is 1.51. The van der Waals surface area contributed by atoms with Crippen LogP contribution in [0.1, 0.15) is 24.6 Å². The quantitative estimate of drug-likeness (QED) is 0.695. The minimum absolute atomic E-state index is 0.0226. The van der Waals surface area contributed by atoms with Gasteiger partial charge in [-0.25, -0.2) is 14.0 Å². The van der Waals surface area contributed by atoms with Crippen molar-refractivity contribution >= 4 is 5.91 Å². The van der Waals surface area contributed by atoms with Crippen LogP contribution in [-0.4, -0.2) is 48.0 Å². The molecule has 1 aliphatic rings. The van der Waals surface area contributed by atoms with Gasteiger partial charge in [0.25, 0.3) is 0 Å². The van der Waals surface area contributed by atoms with Gasteiger partial charge in [-0.2, -0.15) is 10.2 Å². The summed E-state index contributed by atoms with van der Waals surface area (Å²) in [4.78, 5) is 27.1. The van der Waals surface area contributed by atoms with E-state index in [0.29, 0.717) is 12.4 Å². The summed E-state index contributed by atoms with van der Waals surface area (Å²) >= 11 is 0. The van der Waals surface area contributed by atoms with Crippen LogP contribution in [0.3, 0.4) is 0 Å². The SMILES string of the molecule is Cn1nc(C2CCCN(C(=O)Cn3cccn3)C2)n(-c2ccccc2)c1=O. The molecular weight excluding hydrogens is 344 g/mol. The van der Waals surface area contributed by atoms with Crippen LogP contribution in [-0.2, 0) is 18.4 Å². The number of hydrogen-bond donors (Lipinski definition) is 0. The number of aromatic nitrogens is 5. The van der Waals surface area contributed by atoms with Crippen molar-refractivity contribution in [1.29, 1.82) is 0 Å². The van der Waals surface area contributed by atoms with Crippen molar-refractivity contribution in [2.75, 3.05) is 13.1 Å². The number of benzene rings is 1. The largest absolute Gasteiger partial charge is 0.350 e. The summed E-state index contributed by atoms with van der Waals surface area (Å²) in [6.07, 6.45) is 5.23. The van der Waals surface area contributed by atoms with E-state index in [4.69, 9.17) is 0 Å². The molecule has 2 aromatic heterocycles. The van der Waals surface area contributed by atoms with Crippen molar-refractivity contribution in [3.8, 4) is 5.69 Å². The van der Waals surface area contributed by atoms with Crippen LogP contribution in [0.15, 0.2) is 53.6 Å². The molecule has 1 aliphatic heterocycles. The second-order valence-electron chi connectivity index (χ2n) is 6.82. The molecule has 27 heavy (non-hydrogen) atoms. The van der Waals surface area contributed by atoms with Crippen molar-refractivity contribution < 1.29 is 4.79 Å². The van der Waals surface area contributed by atoms with Gasteiger partial charge in [-0.1, -0.05) is 18.2 Å². The minimum atomic E-state index is -0.170. The average molecular weight is 366 g/mol. The third-order valence-electron chi connectivity index (χ3n) is 4.96. The van der Waals surface area contributed by atoms with Crippen molar-refractivity contribution in [3.05, 3.63) is 65.1 Å². The van der Waals surface area contributed by atoms with E-state index in [1.165, 1.54) is 4.68 Å². The molecule has 4 rings (SSSR count). The highest BCUT2D eigenvalue weighted by Gasteiger charge is 2.29. The Kier molecular flexibility index (Phi) is 4.62. The Labute approximate surface area is 156 Å². The fraction of sp³-hybridized carbons (Fsp3) is 0.368. The van der Waals surface area contributed by atoms with Gasteiger partial charge in [0, 0.05) is 38.4 Å². The van der Waals surface area contributed by atoms with Crippen LogP contribution in [0.5, 0.6) is 0 Å². The van der Waals surface area contributed by atoms with E-state index in [9.17, 15) is 9.59 Å². The minimum Gasteiger partial charge on any atom is -0.340 e. The first kappa shape index (κ1) is 17.3. The molecule has 140 valence electrons. The molecule has 8 nitrogen and oxygen atoms in total. The monoisotopic (exact) mass is 366 g/mol. The zero-order valence-electron chi connectivity index (χ0n) is 15.2. The maximum absolute atomic E-state index is 12.6. The molecule has 3 heterocycles. The van der Waals surface area contributed by atoms with Crippen LogP contribution in [0.4, 0.5) is 0 Å². The van der Waals surface area contributed by atoms with Gasteiger partial charge in [0.05, 0.1) is 5.69 Å². The first-order chi connectivity index (χ1) is 13.1. The van der Waals surface area contributed by atoms with Gasteiger partial charge in [-0.3, -0.25) is 9.48 Å². The predicted molar refractivity (Wildman–Crippen MR) is 99.6 cm³/mol. The van der Waals surface area contributed by atoms with E-state index in [1.807, 2.05) is 35.2 Å². The molecule has 1 saturated heterocycles. The van der Waals surface area contributed by atoms with Crippen molar-refractivity contribution in [2.24, 2.45) is 7.05 Å². The first-order valence-corrected chi connectivity index (χ1v) is 9.10. The molecule has 3 aromatic rings. The second-order valence-corrected chi connectivity index (χ2v) is 6.82. The van der Waals surface area contributed by atoms with Crippen LogP contribution >= 0.6 is 0 Å². The fourth-order valence-corrected chi connectivity index (χ4v) is 3.61. The molecule has 0 N–H and O–H groups in total. The van der Waals surface area contributed by atoms with Crippen molar-refractivity contribution in [1.82, 2.24) is 29.0 Å². The van der Waals surface area contributed by atoms with Crippen molar-refractivity contribution in [3.63, 3.8) is 0 Å². The zero-order chi connectivity index (χ0) is 18.8. The molecule has 1 atom stereocenters. The van der Waals surface area contributed by atoms with Crippen LogP contribution in [0.2, 0.25) is 0 Å². The van der Waals surface area contributed by atoms with E-state index in [1.54, 1.807) is 34.8 Å². The number of piperidine rings is 1. The lowest BCUT2D eigenvalue weighted by molar-refractivity contribution is -0.133. The lowest BCUT2D eigenvalue weighted by Crippen LogP contribution is -2.41. The highest BCUT2D eigenvalue weighted by atomic mass is 16.2. The number of amides is 1. The topological polar surface area (TPSA) is 78.0 Å². The molecule has 1 amide bonds. The van der Waals surface area contributed by atoms with Gasteiger partial charge in [-0.15, -0.1) is 0 Å². The number of rotatable bonds is 4. The third kappa shape index (κ3) is 3.42. The molecular formula is C19H22N6O2. The number of aryl methyl sites for hydroxylation is 1. The van der Waals surface area contributed by atoms with E-state index in [2.05, 4.69) is 10.2 Å². The van der Waals surface area contributed by atoms with Crippen LogP contribution in [0.25, 0.3) is 5.69 Å². The predicted octanol–water partition coefficient (Wildman–Crippen LogP) is 1.17. The normalized spacial score (nSPS) is 17.2. The molecule has 0 radical (unpaired) electrons. The Morgan fingerprint density at radius 2 is 2.04 bits per heavy atom. The van der Waals surface area contributed by atoms with E-state index < -0.39 is 0 Å². The molecule has 0 saturated carbocycles. The standard InChI is InChI=1S/C19H22N6O2/c1-22-19(27)25(16-8-3-2-4-9-16)18(21-22)15-7-5-11-23(13-15)17(26)14-24-12-6-10-20-24/h2-4,6,8-10,12,15H,5,7,11,13-14H2,1H3. The second kappa shape index (κ2) is 7.22. The van der Waals surface area contributed by atoms with Gasteiger partial charge in [0.15, 0.2) is 0 Å². The van der Waals surface area contributed by atoms with Crippen LogP contribution < -0.4 is 5.69 Å². The van der Waals surface area contributed by atoms with Crippen molar-refractivity contribution in [2.45, 2.75) is 25.3 Å². The summed E-state index contributed by atoms with van der Waals surface area (Å²) in [5, 5.41) is 8.60. The first-order valence-electron chi connectivity index (χ1n) is 9.10. The van der Waals surface area contributed by atoms with Gasteiger partial charge in [0.1, 0.15) is 12.4 Å². The molecule has 1 fully saturated rings. The Bertz CT molecular complexity index is 974. The fourth-order valence-electron chi connectivity index (χ4n) is 3.61. The molecule has 0 bridgehead atoms. The van der Waals surface area contributed by atoms with E-state index in [-0.39, 0.29) is 24.1 Å². The zero-order valence-corrected chi connectivity index (χ0v) is 15.2. The molecule has 0 spiro atoms. The number of hydrogen-bond acceptors (Lipinski definition) is 4. The Morgan fingerprint density at radius 3 is 2.78 bits per heavy atom. The maximum atomic E-state index is 12.6. The number of carbonyl (C=O) groups excluding carboxylic acids is 1. The van der Waals surface area contributed by atoms with Gasteiger partial charge >= 0.3 is 5.69 Å². The molecule has 1 aromatic carbocycles. The highest BCUT2D eigenvalue weighted by molar-refractivity contribution is 5.76. The highest BCUT2D eigenvalue weighted by Crippen LogP contribution is 2.26. The summed E-state index contributed by atoms with van der Waals surface area (Å²) in [7, 11) is 1.66. The summed E-state index contributed by atoms with van der Waals surface area (Å²) in [6, 6.07) is 11.3. The Hall–Kier alpha value is -3.16. The molecule has 8 heteroatoms. The summed E-state index contributed by atoms with van der Waals surface area (Å²) < 4.78 is 4.66. The molecule has 0 aliphatic carbocycles. The number of carbonyl (C=O) groups is 1. The van der Waals surface area contributed by atoms with Gasteiger partial charge in [-0.05, 0) is 31.0 Å². The maximum Gasteiger partial charge on any atom is 0.350 e. The molecule has 1 unspecified atom stereocenters. The summed E-state index contributed by atoms with van der Waals surface area (Å²) in [5.41, 5.74) is 0.627. The Balaban J connectivity index is 1.59. The summed E-state index contributed by atoms with van der Waals surface area (Å²) in [5.74, 6) is 0.771.